The summed E-state index contributed by atoms with van der Waals surface area (Å²) in [5.74, 6) is 1.66. The van der Waals surface area contributed by atoms with E-state index < -0.39 is 5.91 Å². The highest BCUT2D eigenvalue weighted by Crippen LogP contribution is 2.28. The Kier molecular flexibility index (Phi) is 7.22. The molecule has 1 fully saturated rings. The molecular weight excluding hydrogens is 338 g/mol. The summed E-state index contributed by atoms with van der Waals surface area (Å²) in [5.41, 5.74) is 6.85. The average molecular weight is 367 g/mol. The van der Waals surface area contributed by atoms with Gasteiger partial charge in [-0.25, -0.2) is 4.98 Å². The summed E-state index contributed by atoms with van der Waals surface area (Å²) >= 11 is 0. The van der Waals surface area contributed by atoms with Crippen molar-refractivity contribution in [1.29, 1.82) is 0 Å². The molecule has 1 saturated carbocycles. The van der Waals surface area contributed by atoms with Gasteiger partial charge in [0.2, 0.25) is 11.8 Å². The fourth-order valence-corrected chi connectivity index (χ4v) is 3.60. The number of carbonyl (C=O) groups excluding carboxylic acids is 1. The molecular formula is C22H29N3O2. The Hall–Kier alpha value is -2.40. The molecule has 5 heteroatoms. The summed E-state index contributed by atoms with van der Waals surface area (Å²) < 4.78 is 5.70. The van der Waals surface area contributed by atoms with Crippen molar-refractivity contribution in [1.82, 2.24) is 10.3 Å². The molecule has 0 unspecified atom stereocenters. The van der Waals surface area contributed by atoms with Gasteiger partial charge in [-0.15, -0.1) is 0 Å². The normalized spacial score (nSPS) is 14.4. The standard InChI is InChI=1S/C22H29N3O2/c23-22(26)19-9-12-21(25-16-19)27-20-10-7-18(8-11-20)13-15-24-14-3-6-17-4-1-2-5-17/h7-12,16-17,24H,1-6,13-15H2,(H2,23,26). The maximum Gasteiger partial charge on any atom is 0.250 e. The van der Waals surface area contributed by atoms with Gasteiger partial charge in [0, 0.05) is 12.3 Å². The molecule has 144 valence electrons. The number of primary amides is 1. The van der Waals surface area contributed by atoms with Gasteiger partial charge in [-0.2, -0.15) is 0 Å². The van der Waals surface area contributed by atoms with Crippen LogP contribution in [-0.4, -0.2) is 24.0 Å². The molecule has 1 heterocycles. The molecule has 1 aliphatic rings. The fourth-order valence-electron chi connectivity index (χ4n) is 3.60. The van der Waals surface area contributed by atoms with Gasteiger partial charge >= 0.3 is 0 Å². The van der Waals surface area contributed by atoms with Crippen LogP contribution >= 0.6 is 0 Å². The molecule has 0 saturated heterocycles. The van der Waals surface area contributed by atoms with E-state index in [1.165, 1.54) is 50.3 Å². The second-order valence-electron chi connectivity index (χ2n) is 7.29. The Labute approximate surface area is 161 Å². The highest BCUT2D eigenvalue weighted by Gasteiger charge is 2.13. The lowest BCUT2D eigenvalue weighted by atomic mass is 10.0. The number of benzene rings is 1. The lowest BCUT2D eigenvalue weighted by molar-refractivity contribution is 0.1000. The number of rotatable bonds is 10. The zero-order chi connectivity index (χ0) is 18.9. The molecule has 1 aromatic carbocycles. The first-order valence-corrected chi connectivity index (χ1v) is 9.94. The van der Waals surface area contributed by atoms with Gasteiger partial charge in [0.1, 0.15) is 5.75 Å². The molecule has 1 amide bonds. The van der Waals surface area contributed by atoms with E-state index in [2.05, 4.69) is 22.4 Å². The average Bonchev–Trinajstić information content (AvgIpc) is 3.20. The summed E-state index contributed by atoms with van der Waals surface area (Å²) in [6.07, 6.45) is 10.9. The highest BCUT2D eigenvalue weighted by molar-refractivity contribution is 5.92. The number of nitrogens with two attached hydrogens (primary N) is 1. The van der Waals surface area contributed by atoms with E-state index >= 15 is 0 Å². The lowest BCUT2D eigenvalue weighted by Gasteiger charge is -2.09. The van der Waals surface area contributed by atoms with Crippen LogP contribution in [0.4, 0.5) is 0 Å². The summed E-state index contributed by atoms with van der Waals surface area (Å²) in [4.78, 5) is 15.1. The number of nitrogens with one attached hydrogen (secondary N) is 1. The van der Waals surface area contributed by atoms with Crippen molar-refractivity contribution in [2.24, 2.45) is 11.7 Å². The summed E-state index contributed by atoms with van der Waals surface area (Å²) in [6, 6.07) is 11.3. The largest absolute Gasteiger partial charge is 0.439 e. The molecule has 0 atom stereocenters. The topological polar surface area (TPSA) is 77.2 Å². The number of hydrogen-bond acceptors (Lipinski definition) is 4. The van der Waals surface area contributed by atoms with E-state index in [1.54, 1.807) is 12.1 Å². The fraction of sp³-hybridized carbons (Fsp3) is 0.455. The van der Waals surface area contributed by atoms with E-state index in [1.807, 2.05) is 12.1 Å². The highest BCUT2D eigenvalue weighted by atomic mass is 16.5. The lowest BCUT2D eigenvalue weighted by Crippen LogP contribution is -2.19. The van der Waals surface area contributed by atoms with Gasteiger partial charge in [-0.1, -0.05) is 37.8 Å². The minimum absolute atomic E-state index is 0.369. The zero-order valence-electron chi connectivity index (χ0n) is 15.8. The number of hydrogen-bond donors (Lipinski definition) is 2. The van der Waals surface area contributed by atoms with Gasteiger partial charge in [0.25, 0.3) is 0 Å². The van der Waals surface area contributed by atoms with Crippen molar-refractivity contribution < 1.29 is 9.53 Å². The monoisotopic (exact) mass is 367 g/mol. The number of pyridine rings is 1. The predicted molar refractivity (Wildman–Crippen MR) is 107 cm³/mol. The van der Waals surface area contributed by atoms with Crippen LogP contribution in [0.1, 0.15) is 54.4 Å². The van der Waals surface area contributed by atoms with Gasteiger partial charge in [0.05, 0.1) is 5.56 Å². The number of nitrogens with zero attached hydrogens (tertiary/aromatic N) is 1. The smallest absolute Gasteiger partial charge is 0.250 e. The first kappa shape index (κ1) is 19.4. The molecule has 1 aliphatic carbocycles. The third-order valence-electron chi connectivity index (χ3n) is 5.20. The summed E-state index contributed by atoms with van der Waals surface area (Å²) in [5, 5.41) is 3.55. The van der Waals surface area contributed by atoms with Gasteiger partial charge < -0.3 is 15.8 Å². The third-order valence-corrected chi connectivity index (χ3v) is 5.20. The van der Waals surface area contributed by atoms with Gasteiger partial charge in [-0.3, -0.25) is 4.79 Å². The maximum atomic E-state index is 11.0. The maximum absolute atomic E-state index is 11.0. The van der Waals surface area contributed by atoms with Crippen LogP contribution in [0.25, 0.3) is 0 Å². The minimum Gasteiger partial charge on any atom is -0.439 e. The van der Waals surface area contributed by atoms with E-state index in [9.17, 15) is 4.79 Å². The second-order valence-corrected chi connectivity index (χ2v) is 7.29. The summed E-state index contributed by atoms with van der Waals surface area (Å²) in [6.45, 7) is 2.12. The van der Waals surface area contributed by atoms with Crippen LogP contribution in [0.5, 0.6) is 11.6 Å². The molecule has 5 nitrogen and oxygen atoms in total. The van der Waals surface area contributed by atoms with Crippen LogP contribution in [0.2, 0.25) is 0 Å². The number of carbonyl (C=O) groups is 1. The predicted octanol–water partition coefficient (Wildman–Crippen LogP) is 4.08. The first-order chi connectivity index (χ1) is 13.2. The Balaban J connectivity index is 1.35. The molecule has 0 radical (unpaired) electrons. The Morgan fingerprint density at radius 1 is 1.11 bits per heavy atom. The van der Waals surface area contributed by atoms with Crippen LogP contribution in [0.15, 0.2) is 42.6 Å². The molecule has 0 spiro atoms. The zero-order valence-corrected chi connectivity index (χ0v) is 15.8. The van der Waals surface area contributed by atoms with E-state index in [0.717, 1.165) is 31.2 Å². The number of aromatic nitrogens is 1. The molecule has 27 heavy (non-hydrogen) atoms. The Bertz CT molecular complexity index is 707. The van der Waals surface area contributed by atoms with E-state index in [4.69, 9.17) is 10.5 Å². The Morgan fingerprint density at radius 2 is 1.89 bits per heavy atom. The van der Waals surface area contributed by atoms with Crippen molar-refractivity contribution >= 4 is 5.91 Å². The van der Waals surface area contributed by atoms with E-state index in [-0.39, 0.29) is 0 Å². The summed E-state index contributed by atoms with van der Waals surface area (Å²) in [7, 11) is 0. The van der Waals surface area contributed by atoms with Gasteiger partial charge in [-0.05, 0) is 62.0 Å². The van der Waals surface area contributed by atoms with Crippen molar-refractivity contribution in [2.75, 3.05) is 13.1 Å². The second kappa shape index (κ2) is 10.1. The minimum atomic E-state index is -0.495. The molecule has 0 aliphatic heterocycles. The molecule has 0 bridgehead atoms. The quantitative estimate of drug-likeness (QED) is 0.621. The molecule has 1 aromatic heterocycles. The van der Waals surface area contributed by atoms with Gasteiger partial charge in [0.15, 0.2) is 0 Å². The van der Waals surface area contributed by atoms with Crippen molar-refractivity contribution in [3.8, 4) is 11.6 Å². The van der Waals surface area contributed by atoms with Crippen LogP contribution < -0.4 is 15.8 Å². The molecule has 3 rings (SSSR count). The van der Waals surface area contributed by atoms with Crippen molar-refractivity contribution in [3.05, 3.63) is 53.7 Å². The van der Waals surface area contributed by atoms with E-state index in [0.29, 0.717) is 11.4 Å². The number of amides is 1. The van der Waals surface area contributed by atoms with Crippen LogP contribution in [-0.2, 0) is 6.42 Å². The van der Waals surface area contributed by atoms with Crippen molar-refractivity contribution in [3.63, 3.8) is 0 Å². The number of ether oxygens (including phenoxy) is 1. The molecule has 2 aromatic rings. The Morgan fingerprint density at radius 3 is 2.56 bits per heavy atom. The SMILES string of the molecule is NC(=O)c1ccc(Oc2ccc(CCNCCCC3CCCC3)cc2)nc1. The van der Waals surface area contributed by atoms with Crippen LogP contribution in [0, 0.1) is 5.92 Å². The third kappa shape index (κ3) is 6.36. The molecule has 3 N–H and O–H groups in total. The van der Waals surface area contributed by atoms with Crippen molar-refractivity contribution in [2.45, 2.75) is 44.9 Å². The van der Waals surface area contributed by atoms with Crippen LogP contribution in [0.3, 0.4) is 0 Å². The first-order valence-electron chi connectivity index (χ1n) is 9.94.